The number of para-hydroxylation sites is 1. The Morgan fingerprint density at radius 2 is 1.97 bits per heavy atom. The molecular weight excluding hydrogens is 438 g/mol. The monoisotopic (exact) mass is 455 g/mol. The number of hydrogen-bond donors (Lipinski definition) is 1. The van der Waals surface area contributed by atoms with E-state index in [0.29, 0.717) is 33.3 Å². The van der Waals surface area contributed by atoms with Crippen molar-refractivity contribution in [2.75, 3.05) is 18.2 Å². The van der Waals surface area contributed by atoms with Gasteiger partial charge in [0.15, 0.2) is 16.8 Å². The average Bonchev–Trinajstić information content (AvgIpc) is 3.38. The number of thioether (sulfide) groups is 1. The van der Waals surface area contributed by atoms with Crippen LogP contribution in [0.3, 0.4) is 0 Å². The number of aromatic nitrogens is 4. The number of halogens is 1. The molecule has 31 heavy (non-hydrogen) atoms. The first-order chi connectivity index (χ1) is 15.0. The minimum Gasteiger partial charge on any atom is -0.496 e. The number of rotatable bonds is 7. The minimum absolute atomic E-state index is 0.115. The molecular formula is C21H18ClN5O3S. The lowest BCUT2D eigenvalue weighted by Crippen LogP contribution is -2.14. The van der Waals surface area contributed by atoms with Crippen LogP contribution in [0.15, 0.2) is 64.3 Å². The van der Waals surface area contributed by atoms with E-state index in [1.165, 1.54) is 11.8 Å². The van der Waals surface area contributed by atoms with Gasteiger partial charge in [-0.05, 0) is 43.3 Å². The molecule has 0 spiro atoms. The quantitative estimate of drug-likeness (QED) is 0.406. The standard InChI is InChI=1S/C21H18ClN5O3S/c1-13-11-18(26-30-13)23-19(28)12-31-21-25-24-20(16-5-3-4-6-17(16)29-2)27(21)15-9-7-14(22)8-10-15/h3-11H,12H2,1-2H3,(H,23,26,28). The molecule has 158 valence electrons. The van der Waals surface area contributed by atoms with Crippen molar-refractivity contribution in [3.05, 3.63) is 65.4 Å². The maximum absolute atomic E-state index is 12.4. The van der Waals surface area contributed by atoms with Crippen molar-refractivity contribution in [1.29, 1.82) is 0 Å². The minimum atomic E-state index is -0.234. The Labute approximate surface area is 187 Å². The number of methoxy groups -OCH3 is 1. The van der Waals surface area contributed by atoms with Crippen molar-refractivity contribution < 1.29 is 14.1 Å². The molecule has 1 N–H and O–H groups in total. The Kier molecular flexibility index (Phi) is 6.24. The summed E-state index contributed by atoms with van der Waals surface area (Å²) in [6.45, 7) is 1.76. The molecule has 0 atom stereocenters. The molecule has 8 nitrogen and oxygen atoms in total. The highest BCUT2D eigenvalue weighted by Gasteiger charge is 2.20. The van der Waals surface area contributed by atoms with Crippen molar-refractivity contribution in [1.82, 2.24) is 19.9 Å². The summed E-state index contributed by atoms with van der Waals surface area (Å²) in [5.41, 5.74) is 1.59. The number of benzene rings is 2. The maximum Gasteiger partial charge on any atom is 0.236 e. The van der Waals surface area contributed by atoms with Gasteiger partial charge in [-0.2, -0.15) is 0 Å². The van der Waals surface area contributed by atoms with Crippen LogP contribution in [0, 0.1) is 6.92 Å². The fourth-order valence-electron chi connectivity index (χ4n) is 2.92. The average molecular weight is 456 g/mol. The van der Waals surface area contributed by atoms with Crippen molar-refractivity contribution in [3.8, 4) is 22.8 Å². The number of nitrogens with zero attached hydrogens (tertiary/aromatic N) is 4. The van der Waals surface area contributed by atoms with Gasteiger partial charge in [0.25, 0.3) is 0 Å². The number of aryl methyl sites for hydroxylation is 1. The SMILES string of the molecule is COc1ccccc1-c1nnc(SCC(=O)Nc2cc(C)on2)n1-c1ccc(Cl)cc1. The molecule has 10 heteroatoms. The molecule has 2 aromatic heterocycles. The van der Waals surface area contributed by atoms with Crippen LogP contribution in [0.2, 0.25) is 5.02 Å². The molecule has 0 unspecified atom stereocenters. The molecule has 4 rings (SSSR count). The first kappa shape index (κ1) is 21.0. The van der Waals surface area contributed by atoms with E-state index < -0.39 is 0 Å². The van der Waals surface area contributed by atoms with Crippen LogP contribution in [-0.2, 0) is 4.79 Å². The molecule has 0 aliphatic rings. The summed E-state index contributed by atoms with van der Waals surface area (Å²) in [7, 11) is 1.60. The molecule has 0 radical (unpaired) electrons. The smallest absolute Gasteiger partial charge is 0.236 e. The van der Waals surface area contributed by atoms with Crippen LogP contribution in [0.25, 0.3) is 17.1 Å². The largest absolute Gasteiger partial charge is 0.496 e. The number of nitrogens with one attached hydrogen (secondary N) is 1. The van der Waals surface area contributed by atoms with Gasteiger partial charge in [-0.1, -0.05) is 40.7 Å². The highest BCUT2D eigenvalue weighted by Crippen LogP contribution is 2.33. The van der Waals surface area contributed by atoms with Crippen molar-refractivity contribution in [2.45, 2.75) is 12.1 Å². The van der Waals surface area contributed by atoms with Gasteiger partial charge in [0.05, 0.1) is 18.4 Å². The van der Waals surface area contributed by atoms with Crippen molar-refractivity contribution in [2.24, 2.45) is 0 Å². The lowest BCUT2D eigenvalue weighted by atomic mass is 10.2. The first-order valence-corrected chi connectivity index (χ1v) is 10.6. The fourth-order valence-corrected chi connectivity index (χ4v) is 3.80. The zero-order valence-corrected chi connectivity index (χ0v) is 18.3. The highest BCUT2D eigenvalue weighted by molar-refractivity contribution is 7.99. The van der Waals surface area contributed by atoms with Crippen LogP contribution in [-0.4, -0.2) is 38.7 Å². The first-order valence-electron chi connectivity index (χ1n) is 9.26. The number of amides is 1. The van der Waals surface area contributed by atoms with Gasteiger partial charge in [0, 0.05) is 16.8 Å². The Morgan fingerprint density at radius 1 is 1.19 bits per heavy atom. The molecule has 2 aromatic carbocycles. The third-order valence-electron chi connectivity index (χ3n) is 4.29. The second kappa shape index (κ2) is 9.23. The van der Waals surface area contributed by atoms with Crippen molar-refractivity contribution >= 4 is 35.1 Å². The topological polar surface area (TPSA) is 95.1 Å². The Balaban J connectivity index is 1.65. The molecule has 0 saturated carbocycles. The summed E-state index contributed by atoms with van der Waals surface area (Å²) in [5, 5.41) is 16.3. The Bertz CT molecular complexity index is 1210. The van der Waals surface area contributed by atoms with Crippen LogP contribution in [0.1, 0.15) is 5.76 Å². The van der Waals surface area contributed by atoms with E-state index in [9.17, 15) is 4.79 Å². The van der Waals surface area contributed by atoms with Gasteiger partial charge in [0.2, 0.25) is 5.91 Å². The summed E-state index contributed by atoms with van der Waals surface area (Å²) >= 11 is 7.32. The summed E-state index contributed by atoms with van der Waals surface area (Å²) in [6.07, 6.45) is 0. The summed E-state index contributed by atoms with van der Waals surface area (Å²) in [5.74, 6) is 2.13. The molecule has 4 aromatic rings. The maximum atomic E-state index is 12.4. The van der Waals surface area contributed by atoms with E-state index in [0.717, 1.165) is 11.3 Å². The lowest BCUT2D eigenvalue weighted by Gasteiger charge is -2.12. The molecule has 0 aliphatic heterocycles. The second-order valence-electron chi connectivity index (χ2n) is 6.48. The third-order valence-corrected chi connectivity index (χ3v) is 5.47. The molecule has 0 fully saturated rings. The van der Waals surface area contributed by atoms with E-state index in [1.54, 1.807) is 32.2 Å². The molecule has 1 amide bonds. The van der Waals surface area contributed by atoms with Crippen LogP contribution >= 0.6 is 23.4 Å². The highest BCUT2D eigenvalue weighted by atomic mass is 35.5. The van der Waals surface area contributed by atoms with Gasteiger partial charge >= 0.3 is 0 Å². The van der Waals surface area contributed by atoms with Gasteiger partial charge in [-0.3, -0.25) is 9.36 Å². The Morgan fingerprint density at radius 3 is 2.68 bits per heavy atom. The van der Waals surface area contributed by atoms with Crippen LogP contribution in [0.5, 0.6) is 5.75 Å². The van der Waals surface area contributed by atoms with E-state index >= 15 is 0 Å². The summed E-state index contributed by atoms with van der Waals surface area (Å²) in [6, 6.07) is 16.5. The normalized spacial score (nSPS) is 10.8. The van der Waals surface area contributed by atoms with Gasteiger partial charge < -0.3 is 14.6 Å². The molecule has 0 saturated heterocycles. The van der Waals surface area contributed by atoms with Gasteiger partial charge in [0.1, 0.15) is 11.5 Å². The number of carbonyl (C=O) groups excluding carboxylic acids is 1. The number of hydrogen-bond acceptors (Lipinski definition) is 7. The summed E-state index contributed by atoms with van der Waals surface area (Å²) in [4.78, 5) is 12.4. The molecule has 0 aliphatic carbocycles. The number of carbonyl (C=O) groups is 1. The van der Waals surface area contributed by atoms with E-state index in [2.05, 4.69) is 20.7 Å². The van der Waals surface area contributed by atoms with Gasteiger partial charge in [-0.25, -0.2) is 0 Å². The van der Waals surface area contributed by atoms with Crippen LogP contribution < -0.4 is 10.1 Å². The van der Waals surface area contributed by atoms with E-state index in [4.69, 9.17) is 20.9 Å². The summed E-state index contributed by atoms with van der Waals surface area (Å²) < 4.78 is 12.3. The number of anilines is 1. The zero-order valence-electron chi connectivity index (χ0n) is 16.7. The molecule has 0 bridgehead atoms. The van der Waals surface area contributed by atoms with Gasteiger partial charge in [-0.15, -0.1) is 10.2 Å². The van der Waals surface area contributed by atoms with Crippen LogP contribution in [0.4, 0.5) is 5.82 Å². The van der Waals surface area contributed by atoms with Crippen molar-refractivity contribution in [3.63, 3.8) is 0 Å². The van der Waals surface area contributed by atoms with E-state index in [1.807, 2.05) is 41.0 Å². The predicted molar refractivity (Wildman–Crippen MR) is 119 cm³/mol. The predicted octanol–water partition coefficient (Wildman–Crippen LogP) is 4.62. The number of ether oxygens (including phenoxy) is 1. The third kappa shape index (κ3) is 4.73. The Hall–Kier alpha value is -3.30. The second-order valence-corrected chi connectivity index (χ2v) is 7.86. The van der Waals surface area contributed by atoms with E-state index in [-0.39, 0.29) is 11.7 Å². The fraction of sp³-hybridized carbons (Fsp3) is 0.143. The lowest BCUT2D eigenvalue weighted by molar-refractivity contribution is -0.113. The molecule has 2 heterocycles. The zero-order chi connectivity index (χ0) is 21.8.